The van der Waals surface area contributed by atoms with Crippen molar-refractivity contribution in [2.75, 3.05) is 6.16 Å². The lowest BCUT2D eigenvalue weighted by Gasteiger charge is -2.23. The van der Waals surface area contributed by atoms with Crippen LogP contribution in [-0.4, -0.2) is 23.2 Å². The number of carboxylic acids is 1. The molecule has 0 aliphatic rings. The van der Waals surface area contributed by atoms with Gasteiger partial charge in [-0.3, -0.25) is 14.2 Å². The zero-order chi connectivity index (χ0) is 24.9. The van der Waals surface area contributed by atoms with Gasteiger partial charge in [0.15, 0.2) is 0 Å². The molecule has 0 aliphatic heterocycles. The molecule has 1 unspecified atom stereocenters. The summed E-state index contributed by atoms with van der Waals surface area (Å²) < 4.78 is 30.8. The van der Waals surface area contributed by atoms with Crippen LogP contribution in [0.15, 0.2) is 91.0 Å². The highest BCUT2D eigenvalue weighted by Gasteiger charge is 2.34. The Balaban J connectivity index is 1.74. The molecular formula is C27H29O7P. The monoisotopic (exact) mass is 496 g/mol. The average molecular weight is 496 g/mol. The third kappa shape index (κ3) is 9.49. The third-order valence-corrected chi connectivity index (χ3v) is 7.18. The van der Waals surface area contributed by atoms with E-state index in [0.717, 1.165) is 16.7 Å². The van der Waals surface area contributed by atoms with E-state index in [0.29, 0.717) is 0 Å². The zero-order valence-electron chi connectivity index (χ0n) is 19.3. The normalized spacial score (nSPS) is 12.1. The van der Waals surface area contributed by atoms with E-state index in [4.69, 9.17) is 13.8 Å². The van der Waals surface area contributed by atoms with E-state index in [1.54, 1.807) is 0 Å². The van der Waals surface area contributed by atoms with Crippen LogP contribution in [0.1, 0.15) is 29.5 Å². The Morgan fingerprint density at radius 3 is 1.57 bits per heavy atom. The minimum atomic E-state index is -3.81. The van der Waals surface area contributed by atoms with E-state index >= 15 is 0 Å². The van der Waals surface area contributed by atoms with Gasteiger partial charge >= 0.3 is 19.5 Å². The van der Waals surface area contributed by atoms with Crippen molar-refractivity contribution in [3.8, 4) is 0 Å². The van der Waals surface area contributed by atoms with Crippen LogP contribution in [0.3, 0.4) is 0 Å². The molecule has 0 saturated carbocycles. The molecule has 0 amide bonds. The standard InChI is InChI=1S/C27H29O7P/c28-26(29)17-16-25(27(30)32-18-22-10-4-1-5-11-22)21-35(31,33-19-23-12-6-2-7-13-23)34-20-24-14-8-3-9-15-24/h1-15,25H,16-21H2,(H,28,29). The summed E-state index contributed by atoms with van der Waals surface area (Å²) in [4.78, 5) is 24.1. The second-order valence-corrected chi connectivity index (χ2v) is 10.1. The molecule has 184 valence electrons. The lowest BCUT2D eigenvalue weighted by atomic mass is 10.1. The number of carbonyl (C=O) groups excluding carboxylic acids is 1. The molecule has 3 rings (SSSR count). The highest BCUT2D eigenvalue weighted by molar-refractivity contribution is 7.53. The molecule has 0 heterocycles. The summed E-state index contributed by atoms with van der Waals surface area (Å²) >= 11 is 0. The van der Waals surface area contributed by atoms with Crippen molar-refractivity contribution in [1.82, 2.24) is 0 Å². The van der Waals surface area contributed by atoms with Gasteiger partial charge in [0.2, 0.25) is 0 Å². The maximum Gasteiger partial charge on any atom is 0.332 e. The number of carboxylic acid groups (broad SMARTS) is 1. The average Bonchev–Trinajstić information content (AvgIpc) is 2.89. The number of hydrogen-bond acceptors (Lipinski definition) is 6. The first kappa shape index (κ1) is 26.4. The SMILES string of the molecule is O=C(O)CCC(CP(=O)(OCc1ccccc1)OCc1ccccc1)C(=O)OCc1ccccc1. The van der Waals surface area contributed by atoms with Gasteiger partial charge in [-0.15, -0.1) is 0 Å². The summed E-state index contributed by atoms with van der Waals surface area (Å²) in [5.41, 5.74) is 2.39. The molecule has 0 bridgehead atoms. The highest BCUT2D eigenvalue weighted by Crippen LogP contribution is 2.52. The topological polar surface area (TPSA) is 99.1 Å². The minimum Gasteiger partial charge on any atom is -0.481 e. The van der Waals surface area contributed by atoms with Crippen LogP contribution in [0.4, 0.5) is 0 Å². The molecular weight excluding hydrogens is 467 g/mol. The van der Waals surface area contributed by atoms with E-state index in [-0.39, 0.29) is 38.8 Å². The Labute approximate surface area is 205 Å². The number of rotatable bonds is 14. The zero-order valence-corrected chi connectivity index (χ0v) is 20.2. The van der Waals surface area contributed by atoms with Crippen molar-refractivity contribution >= 4 is 19.5 Å². The summed E-state index contributed by atoms with van der Waals surface area (Å²) in [6.07, 6.45) is -0.605. The third-order valence-electron chi connectivity index (χ3n) is 5.25. The van der Waals surface area contributed by atoms with Crippen LogP contribution < -0.4 is 0 Å². The summed E-state index contributed by atoms with van der Waals surface area (Å²) in [5.74, 6) is -2.66. The van der Waals surface area contributed by atoms with Crippen molar-refractivity contribution in [3.63, 3.8) is 0 Å². The largest absolute Gasteiger partial charge is 0.481 e. The van der Waals surface area contributed by atoms with Crippen LogP contribution in [0.25, 0.3) is 0 Å². The molecule has 8 heteroatoms. The number of hydrogen-bond donors (Lipinski definition) is 1. The maximum atomic E-state index is 13.8. The van der Waals surface area contributed by atoms with Gasteiger partial charge in [0.05, 0.1) is 25.3 Å². The van der Waals surface area contributed by atoms with Gasteiger partial charge in [0.25, 0.3) is 0 Å². The first-order valence-electron chi connectivity index (χ1n) is 11.3. The first-order chi connectivity index (χ1) is 16.9. The molecule has 7 nitrogen and oxygen atoms in total. The minimum absolute atomic E-state index is 0.0254. The predicted octanol–water partition coefficient (Wildman–Crippen LogP) is 5.84. The van der Waals surface area contributed by atoms with Crippen molar-refractivity contribution in [2.24, 2.45) is 5.92 Å². The van der Waals surface area contributed by atoms with E-state index < -0.39 is 25.5 Å². The summed E-state index contributed by atoms with van der Waals surface area (Å²) in [5, 5.41) is 9.17. The Hall–Kier alpha value is -3.25. The Bertz CT molecular complexity index is 1060. The van der Waals surface area contributed by atoms with E-state index in [1.807, 2.05) is 91.0 Å². The molecule has 1 N–H and O–H groups in total. The molecule has 1 atom stereocenters. The fourth-order valence-corrected chi connectivity index (χ4v) is 5.18. The molecule has 0 fully saturated rings. The summed E-state index contributed by atoms with van der Waals surface area (Å²) in [7, 11) is -3.81. The van der Waals surface area contributed by atoms with E-state index in [1.165, 1.54) is 0 Å². The molecule has 0 aromatic heterocycles. The smallest absolute Gasteiger partial charge is 0.332 e. The van der Waals surface area contributed by atoms with Crippen molar-refractivity contribution < 1.29 is 33.0 Å². The number of aliphatic carboxylic acids is 1. The lowest BCUT2D eigenvalue weighted by molar-refractivity contribution is -0.149. The van der Waals surface area contributed by atoms with Gasteiger partial charge < -0.3 is 18.9 Å². The molecule has 0 aliphatic carbocycles. The Kier molecular flexibility index (Phi) is 10.2. The van der Waals surface area contributed by atoms with Gasteiger partial charge in [-0.05, 0) is 23.1 Å². The van der Waals surface area contributed by atoms with Crippen molar-refractivity contribution in [2.45, 2.75) is 32.7 Å². The number of carbonyl (C=O) groups is 2. The van der Waals surface area contributed by atoms with Crippen LogP contribution in [-0.2, 0) is 47.8 Å². The highest BCUT2D eigenvalue weighted by atomic mass is 31.2. The fourth-order valence-electron chi connectivity index (χ4n) is 3.33. The van der Waals surface area contributed by atoms with Crippen LogP contribution >= 0.6 is 7.60 Å². The molecule has 0 saturated heterocycles. The Morgan fingerprint density at radius 2 is 1.14 bits per heavy atom. The lowest BCUT2D eigenvalue weighted by Crippen LogP contribution is -2.23. The van der Waals surface area contributed by atoms with Gasteiger partial charge in [-0.25, -0.2) is 0 Å². The van der Waals surface area contributed by atoms with Crippen molar-refractivity contribution in [1.29, 1.82) is 0 Å². The second-order valence-electron chi connectivity index (χ2n) is 8.03. The molecule has 3 aromatic carbocycles. The van der Waals surface area contributed by atoms with Gasteiger partial charge in [0.1, 0.15) is 6.61 Å². The van der Waals surface area contributed by atoms with Crippen LogP contribution in [0.2, 0.25) is 0 Å². The van der Waals surface area contributed by atoms with Crippen LogP contribution in [0.5, 0.6) is 0 Å². The number of benzene rings is 3. The van der Waals surface area contributed by atoms with Gasteiger partial charge in [0, 0.05) is 6.42 Å². The van der Waals surface area contributed by atoms with Crippen LogP contribution in [0, 0.1) is 5.92 Å². The molecule has 0 radical (unpaired) electrons. The number of ether oxygens (including phenoxy) is 1. The van der Waals surface area contributed by atoms with Gasteiger partial charge in [-0.1, -0.05) is 91.0 Å². The molecule has 3 aromatic rings. The van der Waals surface area contributed by atoms with E-state index in [2.05, 4.69) is 0 Å². The maximum absolute atomic E-state index is 13.8. The van der Waals surface area contributed by atoms with Crippen molar-refractivity contribution in [3.05, 3.63) is 108 Å². The first-order valence-corrected chi connectivity index (χ1v) is 13.0. The number of esters is 1. The molecule has 0 spiro atoms. The molecule has 35 heavy (non-hydrogen) atoms. The fraction of sp³-hybridized carbons (Fsp3) is 0.259. The summed E-state index contributed by atoms with van der Waals surface area (Å²) in [6.45, 7) is 0.0819. The quantitative estimate of drug-likeness (QED) is 0.221. The Morgan fingerprint density at radius 1 is 0.714 bits per heavy atom. The summed E-state index contributed by atoms with van der Waals surface area (Å²) in [6, 6.07) is 27.5. The van der Waals surface area contributed by atoms with E-state index in [9.17, 15) is 19.3 Å². The second kappa shape index (κ2) is 13.6. The predicted molar refractivity (Wildman–Crippen MR) is 132 cm³/mol. The van der Waals surface area contributed by atoms with Gasteiger partial charge in [-0.2, -0.15) is 0 Å².